The summed E-state index contributed by atoms with van der Waals surface area (Å²) in [4.78, 5) is 28.4. The summed E-state index contributed by atoms with van der Waals surface area (Å²) >= 11 is 6.34. The number of nitrogens with one attached hydrogen (secondary N) is 1. The number of sulfonamides is 1. The molecule has 0 heterocycles. The van der Waals surface area contributed by atoms with E-state index in [9.17, 15) is 31.2 Å². The fourth-order valence-electron chi connectivity index (χ4n) is 4.73. The smallest absolute Gasteiger partial charge is 0.352 e. The molecule has 0 saturated heterocycles. The first-order valence-electron chi connectivity index (χ1n) is 12.8. The van der Waals surface area contributed by atoms with Crippen molar-refractivity contribution >= 4 is 39.1 Å². The van der Waals surface area contributed by atoms with Crippen LogP contribution in [-0.2, 0) is 32.3 Å². The molecule has 3 rings (SSSR count). The van der Waals surface area contributed by atoms with Crippen molar-refractivity contribution in [3.05, 3.63) is 64.7 Å². The molecule has 214 valence electrons. The molecule has 2 aromatic rings. The highest BCUT2D eigenvalue weighted by atomic mass is 35.5. The van der Waals surface area contributed by atoms with Gasteiger partial charge in [0.05, 0.1) is 17.5 Å². The van der Waals surface area contributed by atoms with Gasteiger partial charge in [0.15, 0.2) is 0 Å². The van der Waals surface area contributed by atoms with E-state index in [4.69, 9.17) is 11.6 Å². The Bertz CT molecular complexity index is 1270. The molecular formula is C27H33ClF3N3O4S. The topological polar surface area (TPSA) is 86.8 Å². The zero-order chi connectivity index (χ0) is 28.8. The Morgan fingerprint density at radius 1 is 1.08 bits per heavy atom. The van der Waals surface area contributed by atoms with E-state index in [0.29, 0.717) is 21.0 Å². The van der Waals surface area contributed by atoms with Crippen LogP contribution in [0, 0.1) is 0 Å². The molecule has 0 bridgehead atoms. The van der Waals surface area contributed by atoms with E-state index < -0.39 is 40.3 Å². The Kier molecular flexibility index (Phi) is 10.3. The van der Waals surface area contributed by atoms with E-state index >= 15 is 0 Å². The lowest BCUT2D eigenvalue weighted by Crippen LogP contribution is -2.54. The Balaban J connectivity index is 1.96. The van der Waals surface area contributed by atoms with Gasteiger partial charge in [0.1, 0.15) is 12.6 Å². The van der Waals surface area contributed by atoms with Crippen molar-refractivity contribution < 1.29 is 31.2 Å². The highest BCUT2D eigenvalue weighted by molar-refractivity contribution is 7.92. The van der Waals surface area contributed by atoms with Crippen molar-refractivity contribution in [1.29, 1.82) is 0 Å². The second-order valence-electron chi connectivity index (χ2n) is 9.70. The number of alkyl halides is 3. The molecule has 2 aromatic carbocycles. The summed E-state index contributed by atoms with van der Waals surface area (Å²) in [5, 5.41) is 3.38. The highest BCUT2D eigenvalue weighted by Gasteiger charge is 2.35. The van der Waals surface area contributed by atoms with Crippen LogP contribution in [0.25, 0.3) is 0 Å². The van der Waals surface area contributed by atoms with E-state index in [-0.39, 0.29) is 30.6 Å². The molecule has 0 radical (unpaired) electrons. The van der Waals surface area contributed by atoms with Crippen LogP contribution < -0.4 is 9.62 Å². The second-order valence-corrected chi connectivity index (χ2v) is 12.0. The summed E-state index contributed by atoms with van der Waals surface area (Å²) < 4.78 is 66.0. The minimum Gasteiger partial charge on any atom is -0.352 e. The van der Waals surface area contributed by atoms with Crippen molar-refractivity contribution in [3.63, 3.8) is 0 Å². The summed E-state index contributed by atoms with van der Waals surface area (Å²) in [7, 11) is -4.17. The maximum atomic E-state index is 13.7. The van der Waals surface area contributed by atoms with Gasteiger partial charge in [0.25, 0.3) is 0 Å². The number of carbonyl (C=O) groups is 2. The van der Waals surface area contributed by atoms with Gasteiger partial charge < -0.3 is 10.2 Å². The average Bonchev–Trinajstić information content (AvgIpc) is 2.87. The van der Waals surface area contributed by atoms with Gasteiger partial charge in [0.2, 0.25) is 21.8 Å². The quantitative estimate of drug-likeness (QED) is 0.404. The second kappa shape index (κ2) is 13.0. The first kappa shape index (κ1) is 30.7. The van der Waals surface area contributed by atoms with E-state index in [1.165, 1.54) is 11.0 Å². The van der Waals surface area contributed by atoms with Gasteiger partial charge >= 0.3 is 6.18 Å². The van der Waals surface area contributed by atoms with Crippen molar-refractivity contribution in [2.45, 2.75) is 70.3 Å². The Morgan fingerprint density at radius 2 is 1.74 bits per heavy atom. The van der Waals surface area contributed by atoms with Crippen LogP contribution in [0.5, 0.6) is 0 Å². The number of benzene rings is 2. The predicted octanol–water partition coefficient (Wildman–Crippen LogP) is 5.38. The summed E-state index contributed by atoms with van der Waals surface area (Å²) in [5.41, 5.74) is -0.813. The molecule has 1 fully saturated rings. The zero-order valence-electron chi connectivity index (χ0n) is 21.9. The molecule has 1 aliphatic carbocycles. The Hall–Kier alpha value is -2.79. The lowest BCUT2D eigenvalue weighted by molar-refractivity contribution is -0.140. The lowest BCUT2D eigenvalue weighted by atomic mass is 9.95. The normalized spacial score (nSPS) is 15.4. The van der Waals surface area contributed by atoms with Gasteiger partial charge in [-0.25, -0.2) is 8.42 Å². The predicted molar refractivity (Wildman–Crippen MR) is 145 cm³/mol. The Morgan fingerprint density at radius 3 is 2.33 bits per heavy atom. The molecule has 0 aliphatic heterocycles. The van der Waals surface area contributed by atoms with Crippen LogP contribution in [0.2, 0.25) is 5.02 Å². The number of nitrogens with zero attached hydrogens (tertiary/aromatic N) is 2. The van der Waals surface area contributed by atoms with Crippen molar-refractivity contribution in [3.8, 4) is 0 Å². The van der Waals surface area contributed by atoms with Crippen molar-refractivity contribution in [1.82, 2.24) is 10.2 Å². The summed E-state index contributed by atoms with van der Waals surface area (Å²) in [6.45, 7) is 0.853. The molecule has 0 spiro atoms. The van der Waals surface area contributed by atoms with Crippen LogP contribution >= 0.6 is 11.6 Å². The minimum atomic E-state index is -4.70. The molecule has 1 N–H and O–H groups in total. The molecule has 2 amide bonds. The number of halogens is 4. The number of amides is 2. The molecule has 1 saturated carbocycles. The SMILES string of the molecule is CC[C@@H](C(=O)NC1CCCCC1)N(Cc1ccccc1Cl)C(=O)CN(c1cccc(C(F)(F)F)c1)S(C)(=O)=O. The molecule has 12 heteroatoms. The third kappa shape index (κ3) is 8.35. The van der Waals surface area contributed by atoms with Crippen LogP contribution in [0.4, 0.5) is 18.9 Å². The zero-order valence-corrected chi connectivity index (χ0v) is 23.5. The van der Waals surface area contributed by atoms with Gasteiger partial charge in [-0.3, -0.25) is 13.9 Å². The standard InChI is InChI=1S/C27H33ClF3N3O4S/c1-3-24(26(36)32-21-12-5-4-6-13-21)33(17-19-10-7-8-15-23(19)28)25(35)18-34(39(2,37)38)22-14-9-11-20(16-22)27(29,30)31/h7-11,14-16,21,24H,3-6,12-13,17-18H2,1-2H3,(H,32,36)/t24-/m0/s1. The lowest BCUT2D eigenvalue weighted by Gasteiger charge is -2.34. The third-order valence-corrected chi connectivity index (χ3v) is 8.29. The van der Waals surface area contributed by atoms with E-state index in [1.54, 1.807) is 31.2 Å². The van der Waals surface area contributed by atoms with E-state index in [1.807, 2.05) is 0 Å². The number of hydrogen-bond acceptors (Lipinski definition) is 4. The first-order chi connectivity index (χ1) is 18.3. The third-order valence-electron chi connectivity index (χ3n) is 6.78. The molecule has 1 aliphatic rings. The largest absolute Gasteiger partial charge is 0.416 e. The number of hydrogen-bond donors (Lipinski definition) is 1. The van der Waals surface area contributed by atoms with Gasteiger partial charge in [-0.2, -0.15) is 13.2 Å². The Labute approximate surface area is 232 Å². The molecule has 39 heavy (non-hydrogen) atoms. The minimum absolute atomic E-state index is 0.0183. The summed E-state index contributed by atoms with van der Waals surface area (Å²) in [6, 6.07) is 9.56. The molecular weight excluding hydrogens is 555 g/mol. The van der Waals surface area contributed by atoms with E-state index in [2.05, 4.69) is 5.32 Å². The van der Waals surface area contributed by atoms with E-state index in [0.717, 1.165) is 50.5 Å². The van der Waals surface area contributed by atoms with Crippen LogP contribution in [0.1, 0.15) is 56.6 Å². The maximum absolute atomic E-state index is 13.7. The highest BCUT2D eigenvalue weighted by Crippen LogP contribution is 2.32. The number of anilines is 1. The van der Waals surface area contributed by atoms with Gasteiger partial charge in [0, 0.05) is 17.6 Å². The summed E-state index contributed by atoms with van der Waals surface area (Å²) in [6.07, 6.45) is 1.08. The van der Waals surface area contributed by atoms with Crippen LogP contribution in [0.3, 0.4) is 0 Å². The molecule has 0 aromatic heterocycles. The maximum Gasteiger partial charge on any atom is 0.416 e. The average molecular weight is 588 g/mol. The van der Waals surface area contributed by atoms with Gasteiger partial charge in [-0.15, -0.1) is 0 Å². The van der Waals surface area contributed by atoms with Crippen molar-refractivity contribution in [2.75, 3.05) is 17.1 Å². The van der Waals surface area contributed by atoms with Gasteiger partial charge in [-0.05, 0) is 49.1 Å². The summed E-state index contributed by atoms with van der Waals surface area (Å²) in [5.74, 6) is -1.11. The van der Waals surface area contributed by atoms with Gasteiger partial charge in [-0.1, -0.05) is 62.1 Å². The van der Waals surface area contributed by atoms with Crippen molar-refractivity contribution in [2.24, 2.45) is 0 Å². The fraction of sp³-hybridized carbons (Fsp3) is 0.481. The number of carbonyl (C=O) groups excluding carboxylic acids is 2. The number of rotatable bonds is 10. The first-order valence-corrected chi connectivity index (χ1v) is 15.0. The molecule has 7 nitrogen and oxygen atoms in total. The molecule has 1 atom stereocenters. The van der Waals surface area contributed by atoms with Crippen LogP contribution in [-0.4, -0.2) is 50.0 Å². The monoisotopic (exact) mass is 587 g/mol. The van der Waals surface area contributed by atoms with Crippen LogP contribution in [0.15, 0.2) is 48.5 Å². The fourth-order valence-corrected chi connectivity index (χ4v) is 5.76. The molecule has 0 unspecified atom stereocenters.